The zero-order chi connectivity index (χ0) is 16.5. The summed E-state index contributed by atoms with van der Waals surface area (Å²) in [7, 11) is 0. The van der Waals surface area contributed by atoms with Gasteiger partial charge in [0.25, 0.3) is 5.91 Å². The summed E-state index contributed by atoms with van der Waals surface area (Å²) >= 11 is 0. The third kappa shape index (κ3) is 2.68. The van der Waals surface area contributed by atoms with E-state index in [-0.39, 0.29) is 5.91 Å². The maximum absolute atomic E-state index is 11.8. The van der Waals surface area contributed by atoms with Crippen LogP contribution in [-0.4, -0.2) is 24.0 Å². The third-order valence-electron chi connectivity index (χ3n) is 5.15. The summed E-state index contributed by atoms with van der Waals surface area (Å²) in [4.78, 5) is 16.2. The van der Waals surface area contributed by atoms with Crippen molar-refractivity contribution in [1.29, 1.82) is 0 Å². The molecule has 1 heterocycles. The minimum Gasteiger partial charge on any atom is -0.370 e. The van der Waals surface area contributed by atoms with Crippen LogP contribution in [0.3, 0.4) is 0 Å². The van der Waals surface area contributed by atoms with Gasteiger partial charge in [-0.05, 0) is 47.4 Å². The van der Waals surface area contributed by atoms with Gasteiger partial charge in [0.05, 0.1) is 5.56 Å². The topological polar surface area (TPSA) is 54.0 Å². The van der Waals surface area contributed by atoms with Crippen molar-refractivity contribution in [3.05, 3.63) is 71.9 Å². The smallest absolute Gasteiger partial charge is 0.253 e. The molecule has 0 spiro atoms. The maximum atomic E-state index is 11.8. The van der Waals surface area contributed by atoms with E-state index in [4.69, 9.17) is 0 Å². The number of hydrogen-bond donors (Lipinski definition) is 2. The SMILES string of the molecule is C=CCNC(=O)c1ccc(NCC2C3Cc4ccccc4C23)nc1. The second-order valence-corrected chi connectivity index (χ2v) is 6.57. The molecule has 0 radical (unpaired) electrons. The Hall–Kier alpha value is -2.62. The average Bonchev–Trinajstić information content (AvgIpc) is 3.16. The molecule has 2 aliphatic carbocycles. The number of carbonyl (C=O) groups excluding carboxylic acids is 1. The van der Waals surface area contributed by atoms with Gasteiger partial charge < -0.3 is 10.6 Å². The molecule has 2 aromatic rings. The highest BCUT2D eigenvalue weighted by molar-refractivity contribution is 5.94. The Labute approximate surface area is 142 Å². The molecule has 4 rings (SSSR count). The van der Waals surface area contributed by atoms with Crippen molar-refractivity contribution in [2.45, 2.75) is 12.3 Å². The normalized spacial score (nSPS) is 23.1. The van der Waals surface area contributed by atoms with E-state index in [0.717, 1.165) is 24.2 Å². The van der Waals surface area contributed by atoms with E-state index in [2.05, 4.69) is 46.5 Å². The number of carbonyl (C=O) groups is 1. The minimum atomic E-state index is -0.123. The molecule has 2 aliphatic rings. The van der Waals surface area contributed by atoms with Crippen LogP contribution in [0.2, 0.25) is 0 Å². The second kappa shape index (κ2) is 6.11. The van der Waals surface area contributed by atoms with Crippen LogP contribution in [0.1, 0.15) is 27.4 Å². The van der Waals surface area contributed by atoms with E-state index in [1.165, 1.54) is 17.5 Å². The molecule has 24 heavy (non-hydrogen) atoms. The highest BCUT2D eigenvalue weighted by atomic mass is 16.1. The van der Waals surface area contributed by atoms with E-state index >= 15 is 0 Å². The zero-order valence-electron chi connectivity index (χ0n) is 13.5. The molecule has 1 aromatic heterocycles. The predicted molar refractivity (Wildman–Crippen MR) is 95.1 cm³/mol. The van der Waals surface area contributed by atoms with Gasteiger partial charge in [-0.2, -0.15) is 0 Å². The van der Waals surface area contributed by atoms with Crippen LogP contribution in [-0.2, 0) is 6.42 Å². The summed E-state index contributed by atoms with van der Waals surface area (Å²) in [5.74, 6) is 2.92. The van der Waals surface area contributed by atoms with Gasteiger partial charge in [-0.3, -0.25) is 4.79 Å². The number of aromatic nitrogens is 1. The van der Waals surface area contributed by atoms with Crippen LogP contribution in [0.5, 0.6) is 0 Å². The number of pyridine rings is 1. The number of benzene rings is 1. The fraction of sp³-hybridized carbons (Fsp3) is 0.300. The minimum absolute atomic E-state index is 0.123. The van der Waals surface area contributed by atoms with Crippen LogP contribution in [0.25, 0.3) is 0 Å². The Bertz CT molecular complexity index is 769. The number of rotatable bonds is 6. The highest BCUT2D eigenvalue weighted by Gasteiger charge is 2.54. The Kier molecular flexibility index (Phi) is 3.81. The first-order chi connectivity index (χ1) is 11.8. The van der Waals surface area contributed by atoms with Crippen molar-refractivity contribution in [3.63, 3.8) is 0 Å². The number of amides is 1. The number of fused-ring (bicyclic) bond motifs is 3. The summed E-state index contributed by atoms with van der Waals surface area (Å²) in [5.41, 5.74) is 3.63. The van der Waals surface area contributed by atoms with Gasteiger partial charge in [0.2, 0.25) is 0 Å². The lowest BCUT2D eigenvalue weighted by atomic mass is 10.0. The molecule has 4 heteroatoms. The van der Waals surface area contributed by atoms with E-state index < -0.39 is 0 Å². The quantitative estimate of drug-likeness (QED) is 0.805. The van der Waals surface area contributed by atoms with Crippen molar-refractivity contribution >= 4 is 11.7 Å². The molecule has 0 bridgehead atoms. The molecule has 3 atom stereocenters. The summed E-state index contributed by atoms with van der Waals surface area (Å²) < 4.78 is 0. The lowest BCUT2D eigenvalue weighted by molar-refractivity contribution is 0.0957. The lowest BCUT2D eigenvalue weighted by Crippen LogP contribution is -2.23. The Morgan fingerprint density at radius 2 is 2.17 bits per heavy atom. The molecule has 2 N–H and O–H groups in total. The molecule has 122 valence electrons. The molecule has 0 aliphatic heterocycles. The number of anilines is 1. The average molecular weight is 319 g/mol. The molecular weight excluding hydrogens is 298 g/mol. The second-order valence-electron chi connectivity index (χ2n) is 6.57. The Morgan fingerprint density at radius 3 is 2.96 bits per heavy atom. The van der Waals surface area contributed by atoms with E-state index in [0.29, 0.717) is 18.0 Å². The lowest BCUT2D eigenvalue weighted by Gasteiger charge is -2.09. The monoisotopic (exact) mass is 319 g/mol. The molecular formula is C20H21N3O. The Balaban J connectivity index is 1.32. The van der Waals surface area contributed by atoms with Crippen molar-refractivity contribution in [1.82, 2.24) is 10.3 Å². The first kappa shape index (κ1) is 14.9. The first-order valence-electron chi connectivity index (χ1n) is 8.44. The fourth-order valence-electron chi connectivity index (χ4n) is 3.88. The van der Waals surface area contributed by atoms with Crippen molar-refractivity contribution in [2.24, 2.45) is 11.8 Å². The van der Waals surface area contributed by atoms with Crippen LogP contribution in [0.15, 0.2) is 55.3 Å². The summed E-state index contributed by atoms with van der Waals surface area (Å²) in [6.07, 6.45) is 4.48. The van der Waals surface area contributed by atoms with Crippen molar-refractivity contribution < 1.29 is 4.79 Å². The van der Waals surface area contributed by atoms with Crippen molar-refractivity contribution in [3.8, 4) is 0 Å². The molecule has 1 amide bonds. The van der Waals surface area contributed by atoms with Crippen LogP contribution >= 0.6 is 0 Å². The molecule has 1 saturated carbocycles. The maximum Gasteiger partial charge on any atom is 0.253 e. The van der Waals surface area contributed by atoms with E-state index in [1.54, 1.807) is 18.3 Å². The molecule has 1 aromatic carbocycles. The van der Waals surface area contributed by atoms with E-state index in [1.807, 2.05) is 6.07 Å². The number of nitrogens with zero attached hydrogens (tertiary/aromatic N) is 1. The standard InChI is InChI=1S/C20H21N3O/c1-2-9-21-20(24)14-7-8-18(22-11-14)23-12-17-16-10-13-5-3-4-6-15(13)19(16)17/h2-8,11,16-17,19H,1,9-10,12H2,(H,21,24)(H,22,23). The molecule has 4 nitrogen and oxygen atoms in total. The largest absolute Gasteiger partial charge is 0.370 e. The van der Waals surface area contributed by atoms with Gasteiger partial charge in [-0.1, -0.05) is 30.3 Å². The van der Waals surface area contributed by atoms with Gasteiger partial charge in [0, 0.05) is 19.3 Å². The fourth-order valence-corrected chi connectivity index (χ4v) is 3.88. The highest BCUT2D eigenvalue weighted by Crippen LogP contribution is 2.61. The van der Waals surface area contributed by atoms with Gasteiger partial charge in [0.15, 0.2) is 0 Å². The Morgan fingerprint density at radius 1 is 1.29 bits per heavy atom. The van der Waals surface area contributed by atoms with Crippen LogP contribution in [0, 0.1) is 11.8 Å². The van der Waals surface area contributed by atoms with E-state index in [9.17, 15) is 4.79 Å². The molecule has 3 unspecified atom stereocenters. The number of nitrogens with one attached hydrogen (secondary N) is 2. The summed E-state index contributed by atoms with van der Waals surface area (Å²) in [6.45, 7) is 4.99. The predicted octanol–water partition coefficient (Wildman–Crippen LogP) is 3.00. The van der Waals surface area contributed by atoms with Gasteiger partial charge in [-0.25, -0.2) is 4.98 Å². The summed E-state index contributed by atoms with van der Waals surface area (Å²) in [6, 6.07) is 12.5. The van der Waals surface area contributed by atoms with Crippen molar-refractivity contribution in [2.75, 3.05) is 18.4 Å². The van der Waals surface area contributed by atoms with Crippen LogP contribution in [0.4, 0.5) is 5.82 Å². The molecule has 0 saturated heterocycles. The zero-order valence-corrected chi connectivity index (χ0v) is 13.5. The summed E-state index contributed by atoms with van der Waals surface area (Å²) in [5, 5.41) is 6.16. The van der Waals surface area contributed by atoms with Gasteiger partial charge in [0.1, 0.15) is 5.82 Å². The third-order valence-corrected chi connectivity index (χ3v) is 5.15. The van der Waals surface area contributed by atoms with Gasteiger partial charge >= 0.3 is 0 Å². The first-order valence-corrected chi connectivity index (χ1v) is 8.44. The number of hydrogen-bond acceptors (Lipinski definition) is 3. The molecule has 1 fully saturated rings. The van der Waals surface area contributed by atoms with Crippen LogP contribution < -0.4 is 10.6 Å². The van der Waals surface area contributed by atoms with Gasteiger partial charge in [-0.15, -0.1) is 6.58 Å².